The fourth-order valence-corrected chi connectivity index (χ4v) is 3.45. The van der Waals surface area contributed by atoms with Crippen molar-refractivity contribution in [1.29, 1.82) is 0 Å². The predicted octanol–water partition coefficient (Wildman–Crippen LogP) is 3.15. The molecule has 0 spiro atoms. The van der Waals surface area contributed by atoms with Gasteiger partial charge in [0.2, 0.25) is 0 Å². The summed E-state index contributed by atoms with van der Waals surface area (Å²) in [6, 6.07) is 3.40. The van der Waals surface area contributed by atoms with Crippen LogP contribution in [0.1, 0.15) is 31.0 Å². The zero-order valence-corrected chi connectivity index (χ0v) is 14.7. The van der Waals surface area contributed by atoms with Crippen LogP contribution in [-0.2, 0) is 11.0 Å². The Bertz CT molecular complexity index is 786. The molecule has 0 saturated heterocycles. The van der Waals surface area contributed by atoms with Crippen molar-refractivity contribution >= 4 is 11.9 Å². The van der Waals surface area contributed by atoms with Gasteiger partial charge >= 0.3 is 12.2 Å². The number of halogens is 3. The van der Waals surface area contributed by atoms with E-state index >= 15 is 0 Å². The van der Waals surface area contributed by atoms with E-state index in [0.29, 0.717) is 12.2 Å². The number of nitrogens with one attached hydrogen (secondary N) is 1. The van der Waals surface area contributed by atoms with Crippen molar-refractivity contribution in [3.8, 4) is 0 Å². The minimum atomic E-state index is -4.58. The van der Waals surface area contributed by atoms with Crippen LogP contribution in [0.15, 0.2) is 35.5 Å². The van der Waals surface area contributed by atoms with Crippen LogP contribution in [0, 0.1) is 5.92 Å². The number of nitrogens with zero attached hydrogens (tertiary/aromatic N) is 2. The van der Waals surface area contributed by atoms with E-state index in [2.05, 4.69) is 5.32 Å². The number of rotatable bonds is 3. The highest BCUT2D eigenvalue weighted by Crippen LogP contribution is 2.41. The molecule has 1 aromatic carbocycles. The molecule has 2 aliphatic rings. The van der Waals surface area contributed by atoms with Gasteiger partial charge in [0.25, 0.3) is 5.91 Å². The second-order valence-electron chi connectivity index (χ2n) is 6.97. The van der Waals surface area contributed by atoms with Crippen LogP contribution in [0.3, 0.4) is 0 Å². The van der Waals surface area contributed by atoms with Crippen LogP contribution in [0.5, 0.6) is 0 Å². The smallest absolute Gasteiger partial charge is 0.333 e. The molecule has 3 rings (SSSR count). The van der Waals surface area contributed by atoms with Crippen molar-refractivity contribution in [2.24, 2.45) is 5.92 Å². The van der Waals surface area contributed by atoms with Crippen molar-refractivity contribution in [3.63, 3.8) is 0 Å². The molecule has 2 heterocycles. The average Bonchev–Trinajstić information content (AvgIpc) is 2.87. The molecule has 5 nitrogen and oxygen atoms in total. The second-order valence-corrected chi connectivity index (χ2v) is 6.97. The number of likely N-dealkylation sites (N-methyl/N-ethyl adjacent to an activating group) is 1. The number of hydrogen-bond acceptors (Lipinski definition) is 2. The Labute approximate surface area is 149 Å². The minimum absolute atomic E-state index is 0.117. The quantitative estimate of drug-likeness (QED) is 0.892. The molecule has 0 aromatic heterocycles. The first-order valence-corrected chi connectivity index (χ1v) is 8.34. The molecule has 1 aromatic rings. The predicted molar refractivity (Wildman–Crippen MR) is 88.9 cm³/mol. The number of carbonyl (C=O) groups excluding carboxylic acids is 2. The monoisotopic (exact) mass is 367 g/mol. The Morgan fingerprint density at radius 3 is 2.50 bits per heavy atom. The lowest BCUT2D eigenvalue weighted by Gasteiger charge is -2.32. The van der Waals surface area contributed by atoms with Crippen molar-refractivity contribution < 1.29 is 22.8 Å². The molecule has 0 fully saturated rings. The van der Waals surface area contributed by atoms with E-state index < -0.39 is 23.8 Å². The highest BCUT2D eigenvalue weighted by atomic mass is 19.4. The Morgan fingerprint density at radius 1 is 1.23 bits per heavy atom. The molecule has 3 amide bonds. The molecule has 8 heteroatoms. The van der Waals surface area contributed by atoms with Gasteiger partial charge in [-0.3, -0.25) is 9.69 Å². The first kappa shape index (κ1) is 18.3. The van der Waals surface area contributed by atoms with E-state index in [1.807, 2.05) is 13.8 Å². The van der Waals surface area contributed by atoms with Crippen molar-refractivity contribution in [2.75, 3.05) is 20.1 Å². The van der Waals surface area contributed by atoms with E-state index in [4.69, 9.17) is 0 Å². The van der Waals surface area contributed by atoms with Crippen LogP contribution < -0.4 is 5.32 Å². The SMILES string of the molecule is CC(C)CN1CC2=C(C1=O)[C@H](c1ccccc1C(F)(F)F)NC(=O)N2C. The molecule has 1 N–H and O–H groups in total. The Balaban J connectivity index is 2.09. The first-order chi connectivity index (χ1) is 12.1. The Kier molecular flexibility index (Phi) is 4.46. The maximum absolute atomic E-state index is 13.4. The lowest BCUT2D eigenvalue weighted by molar-refractivity contribution is -0.138. The minimum Gasteiger partial charge on any atom is -0.333 e. The van der Waals surface area contributed by atoms with Gasteiger partial charge < -0.3 is 10.2 Å². The standard InChI is InChI=1S/C18H20F3N3O2/c1-10(2)8-24-9-13-14(16(24)25)15(22-17(26)23(13)3)11-6-4-5-7-12(11)18(19,20)21/h4-7,10,15H,8-9H2,1-3H3,(H,22,26)/t15-/m0/s1. The van der Waals surface area contributed by atoms with E-state index in [-0.39, 0.29) is 29.5 Å². The number of carbonyl (C=O) groups is 2. The summed E-state index contributed by atoms with van der Waals surface area (Å²) < 4.78 is 40.3. The van der Waals surface area contributed by atoms with Gasteiger partial charge in [0.15, 0.2) is 0 Å². The Morgan fingerprint density at radius 2 is 1.88 bits per heavy atom. The third-order valence-corrected chi connectivity index (χ3v) is 4.60. The van der Waals surface area contributed by atoms with Crippen LogP contribution in [-0.4, -0.2) is 41.9 Å². The molecule has 1 atom stereocenters. The summed E-state index contributed by atoms with van der Waals surface area (Å²) in [6.07, 6.45) is -4.58. The van der Waals surface area contributed by atoms with Crippen molar-refractivity contribution in [1.82, 2.24) is 15.1 Å². The summed E-state index contributed by atoms with van der Waals surface area (Å²) in [7, 11) is 1.52. The lowest BCUT2D eigenvalue weighted by atomic mass is 9.92. The molecule has 0 saturated carbocycles. The van der Waals surface area contributed by atoms with E-state index in [9.17, 15) is 22.8 Å². The van der Waals surface area contributed by atoms with E-state index in [1.54, 1.807) is 4.90 Å². The average molecular weight is 367 g/mol. The number of urea groups is 1. The zero-order chi connectivity index (χ0) is 19.2. The summed E-state index contributed by atoms with van der Waals surface area (Å²) in [5.74, 6) is -0.127. The molecule has 2 aliphatic heterocycles. The van der Waals surface area contributed by atoms with Gasteiger partial charge in [-0.2, -0.15) is 13.2 Å². The summed E-state index contributed by atoms with van der Waals surface area (Å²) in [5.41, 5.74) is -0.295. The number of hydrogen-bond donors (Lipinski definition) is 1. The molecule has 140 valence electrons. The molecule has 26 heavy (non-hydrogen) atoms. The molecule has 0 unspecified atom stereocenters. The summed E-state index contributed by atoms with van der Waals surface area (Å²) in [6.45, 7) is 4.60. The van der Waals surface area contributed by atoms with Crippen LogP contribution in [0.2, 0.25) is 0 Å². The fraction of sp³-hybridized carbons (Fsp3) is 0.444. The second kappa shape index (κ2) is 6.34. The zero-order valence-electron chi connectivity index (χ0n) is 14.7. The van der Waals surface area contributed by atoms with Crippen LogP contribution in [0.25, 0.3) is 0 Å². The summed E-state index contributed by atoms with van der Waals surface area (Å²) >= 11 is 0. The van der Waals surface area contributed by atoms with Gasteiger partial charge in [0.1, 0.15) is 0 Å². The lowest BCUT2D eigenvalue weighted by Crippen LogP contribution is -2.45. The van der Waals surface area contributed by atoms with E-state index in [1.165, 1.54) is 30.1 Å². The Hall–Kier alpha value is -2.51. The maximum atomic E-state index is 13.4. The van der Waals surface area contributed by atoms with Crippen LogP contribution >= 0.6 is 0 Å². The van der Waals surface area contributed by atoms with Gasteiger partial charge in [0, 0.05) is 13.6 Å². The highest BCUT2D eigenvalue weighted by molar-refractivity contribution is 6.01. The van der Waals surface area contributed by atoms with Crippen molar-refractivity contribution in [3.05, 3.63) is 46.7 Å². The summed E-state index contributed by atoms with van der Waals surface area (Å²) in [4.78, 5) is 28.1. The fourth-order valence-electron chi connectivity index (χ4n) is 3.45. The number of alkyl halides is 3. The highest BCUT2D eigenvalue weighted by Gasteiger charge is 2.45. The largest absolute Gasteiger partial charge is 0.416 e. The van der Waals surface area contributed by atoms with Gasteiger partial charge in [-0.05, 0) is 17.5 Å². The molecular formula is C18H20F3N3O2. The molecule has 0 bridgehead atoms. The molecular weight excluding hydrogens is 347 g/mol. The van der Waals surface area contributed by atoms with Crippen molar-refractivity contribution in [2.45, 2.75) is 26.1 Å². The number of amides is 3. The first-order valence-electron chi connectivity index (χ1n) is 8.34. The van der Waals surface area contributed by atoms with Gasteiger partial charge in [0.05, 0.1) is 29.4 Å². The van der Waals surface area contributed by atoms with Crippen LogP contribution in [0.4, 0.5) is 18.0 Å². The van der Waals surface area contributed by atoms with Gasteiger partial charge in [-0.15, -0.1) is 0 Å². The maximum Gasteiger partial charge on any atom is 0.416 e. The third-order valence-electron chi connectivity index (χ3n) is 4.60. The third kappa shape index (κ3) is 3.04. The van der Waals surface area contributed by atoms with E-state index in [0.717, 1.165) is 6.07 Å². The molecule has 0 radical (unpaired) electrons. The van der Waals surface area contributed by atoms with Gasteiger partial charge in [-0.1, -0.05) is 32.0 Å². The number of benzene rings is 1. The topological polar surface area (TPSA) is 52.7 Å². The summed E-state index contributed by atoms with van der Waals surface area (Å²) in [5, 5.41) is 2.55. The normalized spacial score (nSPS) is 20.8. The molecule has 0 aliphatic carbocycles. The van der Waals surface area contributed by atoms with Gasteiger partial charge in [-0.25, -0.2) is 4.79 Å².